The van der Waals surface area contributed by atoms with Crippen LogP contribution in [0, 0.1) is 5.82 Å². The van der Waals surface area contributed by atoms with Crippen LogP contribution in [0.3, 0.4) is 0 Å². The number of hydrogen-bond acceptors (Lipinski definition) is 2. The number of imidazole rings is 1. The molecule has 4 nitrogen and oxygen atoms in total. The van der Waals surface area contributed by atoms with E-state index in [9.17, 15) is 9.18 Å². The molecule has 1 aromatic heterocycles. The summed E-state index contributed by atoms with van der Waals surface area (Å²) in [6, 6.07) is 4.09. The maximum Gasteiger partial charge on any atom is 0.271 e. The van der Waals surface area contributed by atoms with E-state index in [-0.39, 0.29) is 10.9 Å². The van der Waals surface area contributed by atoms with Crippen LogP contribution in [-0.2, 0) is 6.42 Å². The van der Waals surface area contributed by atoms with Crippen LogP contribution in [0.4, 0.5) is 4.39 Å². The second-order valence-electron chi connectivity index (χ2n) is 4.40. The van der Waals surface area contributed by atoms with Crippen LogP contribution in [0.5, 0.6) is 0 Å². The predicted octanol–water partition coefficient (Wildman–Crippen LogP) is 2.55. The van der Waals surface area contributed by atoms with Crippen LogP contribution in [0.2, 0.25) is 5.02 Å². The van der Waals surface area contributed by atoms with Gasteiger partial charge in [0.15, 0.2) is 0 Å². The molecule has 98 valence electrons. The first-order valence-electron chi connectivity index (χ1n) is 5.97. The fraction of sp³-hybridized carbons (Fsp3) is 0.231. The van der Waals surface area contributed by atoms with Gasteiger partial charge in [-0.25, -0.2) is 9.37 Å². The fourth-order valence-corrected chi connectivity index (χ4v) is 2.39. The molecule has 0 spiro atoms. The van der Waals surface area contributed by atoms with Crippen LogP contribution in [-0.4, -0.2) is 22.4 Å². The Labute approximate surface area is 114 Å². The number of nitrogens with zero attached hydrogens (tertiary/aromatic N) is 1. The SMILES string of the molecule is O=C1NCCCc2[nH]c(-c3ccc(F)cc3Cl)nc21. The number of H-pyrrole nitrogens is 1. The normalized spacial score (nSPS) is 14.7. The number of rotatable bonds is 1. The van der Waals surface area contributed by atoms with Crippen molar-refractivity contribution in [3.8, 4) is 11.4 Å². The number of benzene rings is 1. The van der Waals surface area contributed by atoms with Crippen molar-refractivity contribution in [1.29, 1.82) is 0 Å². The Balaban J connectivity index is 2.07. The van der Waals surface area contributed by atoms with Gasteiger partial charge in [0.25, 0.3) is 5.91 Å². The number of halogens is 2. The Kier molecular flexibility index (Phi) is 2.98. The zero-order chi connectivity index (χ0) is 13.4. The van der Waals surface area contributed by atoms with Crippen molar-refractivity contribution in [2.75, 3.05) is 6.54 Å². The number of amides is 1. The molecule has 0 aliphatic carbocycles. The van der Waals surface area contributed by atoms with E-state index in [0.717, 1.165) is 18.5 Å². The second-order valence-corrected chi connectivity index (χ2v) is 4.80. The Morgan fingerprint density at radius 3 is 3.00 bits per heavy atom. The van der Waals surface area contributed by atoms with Crippen molar-refractivity contribution in [2.24, 2.45) is 0 Å². The Morgan fingerprint density at radius 2 is 2.21 bits per heavy atom. The average Bonchev–Trinajstić information content (AvgIpc) is 2.71. The van der Waals surface area contributed by atoms with Gasteiger partial charge in [-0.05, 0) is 31.0 Å². The van der Waals surface area contributed by atoms with E-state index in [1.807, 2.05) is 0 Å². The number of carbonyl (C=O) groups is 1. The highest BCUT2D eigenvalue weighted by Gasteiger charge is 2.21. The third-order valence-corrected chi connectivity index (χ3v) is 3.38. The summed E-state index contributed by atoms with van der Waals surface area (Å²) < 4.78 is 13.0. The minimum absolute atomic E-state index is 0.187. The number of aryl methyl sites for hydroxylation is 1. The maximum atomic E-state index is 13.0. The molecule has 6 heteroatoms. The molecule has 3 rings (SSSR count). The third kappa shape index (κ3) is 2.21. The van der Waals surface area contributed by atoms with Crippen molar-refractivity contribution in [2.45, 2.75) is 12.8 Å². The molecule has 0 saturated heterocycles. The summed E-state index contributed by atoms with van der Waals surface area (Å²) in [5, 5.41) is 3.04. The van der Waals surface area contributed by atoms with Crippen molar-refractivity contribution in [1.82, 2.24) is 15.3 Å². The predicted molar refractivity (Wildman–Crippen MR) is 69.6 cm³/mol. The molecule has 2 heterocycles. The molecule has 0 fully saturated rings. The zero-order valence-electron chi connectivity index (χ0n) is 9.96. The van der Waals surface area contributed by atoms with E-state index >= 15 is 0 Å². The fourth-order valence-electron chi connectivity index (χ4n) is 2.14. The molecular formula is C13H11ClFN3O. The minimum atomic E-state index is -0.403. The summed E-state index contributed by atoms with van der Waals surface area (Å²) in [5.74, 6) is -0.0973. The van der Waals surface area contributed by atoms with Gasteiger partial charge in [-0.1, -0.05) is 11.6 Å². The van der Waals surface area contributed by atoms with Crippen LogP contribution >= 0.6 is 11.6 Å². The van der Waals surface area contributed by atoms with Crippen molar-refractivity contribution < 1.29 is 9.18 Å². The molecule has 2 N–H and O–H groups in total. The van der Waals surface area contributed by atoms with Gasteiger partial charge in [-0.15, -0.1) is 0 Å². The van der Waals surface area contributed by atoms with Gasteiger partial charge in [0.05, 0.1) is 5.02 Å². The standard InChI is InChI=1S/C13H11ClFN3O/c14-9-6-7(15)3-4-8(9)12-17-10-2-1-5-16-13(19)11(10)18-12/h3-4,6H,1-2,5H2,(H,16,19)(H,17,18). The number of carbonyl (C=O) groups excluding carboxylic acids is 1. The van der Waals surface area contributed by atoms with Crippen molar-refractivity contribution in [3.05, 3.63) is 40.4 Å². The molecule has 0 saturated carbocycles. The Hall–Kier alpha value is -1.88. The van der Waals surface area contributed by atoms with Gasteiger partial charge in [0.2, 0.25) is 0 Å². The van der Waals surface area contributed by atoms with Crippen LogP contribution in [0.25, 0.3) is 11.4 Å². The lowest BCUT2D eigenvalue weighted by Gasteiger charge is -2.01. The third-order valence-electron chi connectivity index (χ3n) is 3.07. The van der Waals surface area contributed by atoms with Crippen LogP contribution in [0.1, 0.15) is 22.6 Å². The number of aromatic amines is 1. The molecule has 19 heavy (non-hydrogen) atoms. The molecule has 2 aromatic rings. The molecule has 0 bridgehead atoms. The highest BCUT2D eigenvalue weighted by atomic mass is 35.5. The van der Waals surface area contributed by atoms with Gasteiger partial charge in [-0.3, -0.25) is 4.79 Å². The van der Waals surface area contributed by atoms with Gasteiger partial charge in [0.1, 0.15) is 17.3 Å². The largest absolute Gasteiger partial charge is 0.351 e. The monoisotopic (exact) mass is 279 g/mol. The summed E-state index contributed by atoms with van der Waals surface area (Å²) in [6.45, 7) is 0.648. The maximum absolute atomic E-state index is 13.0. The average molecular weight is 280 g/mol. The lowest BCUT2D eigenvalue weighted by atomic mass is 10.2. The second kappa shape index (κ2) is 4.66. The van der Waals surface area contributed by atoms with E-state index in [0.29, 0.717) is 23.6 Å². The lowest BCUT2D eigenvalue weighted by molar-refractivity contribution is 0.0951. The first-order chi connectivity index (χ1) is 9.15. The Morgan fingerprint density at radius 1 is 1.37 bits per heavy atom. The smallest absolute Gasteiger partial charge is 0.271 e. The number of nitrogens with one attached hydrogen (secondary N) is 2. The highest BCUT2D eigenvalue weighted by Crippen LogP contribution is 2.28. The van der Waals surface area contributed by atoms with Crippen LogP contribution < -0.4 is 5.32 Å². The molecule has 1 aromatic carbocycles. The summed E-state index contributed by atoms with van der Waals surface area (Å²) in [7, 11) is 0. The Bertz CT molecular complexity index is 653. The van der Waals surface area contributed by atoms with E-state index in [2.05, 4.69) is 15.3 Å². The van der Waals surface area contributed by atoms with Crippen LogP contribution in [0.15, 0.2) is 18.2 Å². The topological polar surface area (TPSA) is 57.8 Å². The molecule has 1 amide bonds. The van der Waals surface area contributed by atoms with Gasteiger partial charge in [-0.2, -0.15) is 0 Å². The van der Waals surface area contributed by atoms with E-state index < -0.39 is 5.82 Å². The van der Waals surface area contributed by atoms with Crippen molar-refractivity contribution in [3.63, 3.8) is 0 Å². The van der Waals surface area contributed by atoms with E-state index in [1.165, 1.54) is 12.1 Å². The molecule has 1 aliphatic rings. The summed E-state index contributed by atoms with van der Waals surface area (Å²) in [4.78, 5) is 19.2. The molecule has 0 unspecified atom stereocenters. The summed E-state index contributed by atoms with van der Waals surface area (Å²) >= 11 is 6.00. The van der Waals surface area contributed by atoms with Gasteiger partial charge >= 0.3 is 0 Å². The van der Waals surface area contributed by atoms with Gasteiger partial charge < -0.3 is 10.3 Å². The number of hydrogen-bond donors (Lipinski definition) is 2. The number of fused-ring (bicyclic) bond motifs is 1. The first-order valence-corrected chi connectivity index (χ1v) is 6.35. The quantitative estimate of drug-likeness (QED) is 0.843. The minimum Gasteiger partial charge on any atom is -0.351 e. The first kappa shape index (κ1) is 12.2. The molecule has 0 atom stereocenters. The summed E-state index contributed by atoms with van der Waals surface area (Å²) in [5.41, 5.74) is 1.78. The highest BCUT2D eigenvalue weighted by molar-refractivity contribution is 6.33. The molecule has 0 radical (unpaired) electrons. The van der Waals surface area contributed by atoms with E-state index in [1.54, 1.807) is 6.07 Å². The summed E-state index contributed by atoms with van der Waals surface area (Å²) in [6.07, 6.45) is 1.61. The zero-order valence-corrected chi connectivity index (χ0v) is 10.7. The van der Waals surface area contributed by atoms with Gasteiger partial charge in [0, 0.05) is 17.8 Å². The van der Waals surface area contributed by atoms with E-state index in [4.69, 9.17) is 11.6 Å². The lowest BCUT2D eigenvalue weighted by Crippen LogP contribution is -2.23. The molecular weight excluding hydrogens is 269 g/mol. The van der Waals surface area contributed by atoms with Crippen molar-refractivity contribution >= 4 is 17.5 Å². The number of aromatic nitrogens is 2. The molecule has 1 aliphatic heterocycles.